The summed E-state index contributed by atoms with van der Waals surface area (Å²) in [6.45, 7) is 4.30. The molecule has 0 saturated carbocycles. The van der Waals surface area contributed by atoms with Gasteiger partial charge in [-0.2, -0.15) is 0 Å². The zero-order valence-corrected chi connectivity index (χ0v) is 14.5. The van der Waals surface area contributed by atoms with Crippen molar-refractivity contribution in [1.29, 1.82) is 0 Å². The van der Waals surface area contributed by atoms with Gasteiger partial charge in [-0.15, -0.1) is 0 Å². The number of hydrogen-bond acceptors (Lipinski definition) is 1. The van der Waals surface area contributed by atoms with Crippen LogP contribution in [0.4, 0.5) is 17.1 Å². The molecule has 0 N–H and O–H groups in total. The fourth-order valence-electron chi connectivity index (χ4n) is 3.89. The summed E-state index contributed by atoms with van der Waals surface area (Å²) < 4.78 is 0. The third kappa shape index (κ3) is 2.09. The monoisotopic (exact) mass is 321 g/mol. The number of rotatable bonds is 1. The minimum Gasteiger partial charge on any atom is -0.309 e. The molecule has 120 valence electrons. The lowest BCUT2D eigenvalue weighted by molar-refractivity contribution is 1.27. The van der Waals surface area contributed by atoms with Crippen molar-refractivity contribution >= 4 is 27.8 Å². The van der Waals surface area contributed by atoms with Crippen LogP contribution in [0.1, 0.15) is 11.1 Å². The molecule has 1 heterocycles. The van der Waals surface area contributed by atoms with Crippen LogP contribution in [0.15, 0.2) is 78.9 Å². The van der Waals surface area contributed by atoms with Crippen LogP contribution in [-0.2, 0) is 0 Å². The van der Waals surface area contributed by atoms with Crippen molar-refractivity contribution in [1.82, 2.24) is 0 Å². The van der Waals surface area contributed by atoms with Gasteiger partial charge in [0.05, 0.1) is 11.4 Å². The summed E-state index contributed by atoms with van der Waals surface area (Å²) >= 11 is 0. The second-order valence-corrected chi connectivity index (χ2v) is 6.87. The van der Waals surface area contributed by atoms with Crippen LogP contribution >= 0.6 is 0 Å². The zero-order valence-electron chi connectivity index (χ0n) is 14.5. The fourth-order valence-corrected chi connectivity index (χ4v) is 3.89. The van der Waals surface area contributed by atoms with E-state index in [-0.39, 0.29) is 0 Å². The van der Waals surface area contributed by atoms with Gasteiger partial charge >= 0.3 is 0 Å². The third-order valence-corrected chi connectivity index (χ3v) is 5.10. The zero-order chi connectivity index (χ0) is 17.0. The second-order valence-electron chi connectivity index (χ2n) is 6.87. The van der Waals surface area contributed by atoms with Gasteiger partial charge in [-0.05, 0) is 55.1 Å². The lowest BCUT2D eigenvalue weighted by Crippen LogP contribution is -2.15. The van der Waals surface area contributed by atoms with Gasteiger partial charge in [0.15, 0.2) is 0 Å². The first-order valence-corrected chi connectivity index (χ1v) is 8.72. The number of nitrogens with zero attached hydrogens (tertiary/aromatic N) is 1. The maximum atomic E-state index is 2.39. The Kier molecular flexibility index (Phi) is 2.98. The van der Waals surface area contributed by atoms with Crippen molar-refractivity contribution in [3.8, 4) is 11.1 Å². The lowest BCUT2D eigenvalue weighted by Gasteiger charge is -2.33. The predicted octanol–water partition coefficient (Wildman–Crippen LogP) is 6.91. The smallest absolute Gasteiger partial charge is 0.0546 e. The van der Waals surface area contributed by atoms with Gasteiger partial charge in [0.1, 0.15) is 0 Å². The highest BCUT2D eigenvalue weighted by molar-refractivity contribution is 6.13. The summed E-state index contributed by atoms with van der Waals surface area (Å²) in [5.41, 5.74) is 8.93. The molecule has 25 heavy (non-hydrogen) atoms. The number of hydrogen-bond donors (Lipinski definition) is 0. The van der Waals surface area contributed by atoms with Crippen LogP contribution in [0, 0.1) is 13.8 Å². The predicted molar refractivity (Wildman–Crippen MR) is 107 cm³/mol. The van der Waals surface area contributed by atoms with Crippen LogP contribution in [0.3, 0.4) is 0 Å². The summed E-state index contributed by atoms with van der Waals surface area (Å²) in [7, 11) is 0. The first kappa shape index (κ1) is 14.3. The molecule has 0 amide bonds. The minimum atomic E-state index is 1.21. The maximum Gasteiger partial charge on any atom is 0.0546 e. The van der Waals surface area contributed by atoms with Crippen LogP contribution in [0.5, 0.6) is 0 Å². The number of aryl methyl sites for hydroxylation is 2. The second kappa shape index (κ2) is 5.22. The van der Waals surface area contributed by atoms with Gasteiger partial charge < -0.3 is 4.90 Å². The van der Waals surface area contributed by atoms with E-state index in [0.29, 0.717) is 0 Å². The summed E-state index contributed by atoms with van der Waals surface area (Å²) in [4.78, 5) is 2.39. The molecule has 1 aliphatic rings. The molecule has 4 aromatic rings. The van der Waals surface area contributed by atoms with E-state index >= 15 is 0 Å². The van der Waals surface area contributed by atoms with Gasteiger partial charge in [0, 0.05) is 16.6 Å². The average molecular weight is 321 g/mol. The summed E-state index contributed by atoms with van der Waals surface area (Å²) in [5, 5.41) is 2.63. The quantitative estimate of drug-likeness (QED) is 0.324. The topological polar surface area (TPSA) is 3.24 Å². The van der Waals surface area contributed by atoms with Crippen LogP contribution in [0.2, 0.25) is 0 Å². The van der Waals surface area contributed by atoms with Gasteiger partial charge in [0.2, 0.25) is 0 Å². The maximum absolute atomic E-state index is 2.39. The Bertz CT molecular complexity index is 1100. The molecule has 0 saturated heterocycles. The van der Waals surface area contributed by atoms with Crippen molar-refractivity contribution in [2.75, 3.05) is 4.90 Å². The highest BCUT2D eigenvalue weighted by Crippen LogP contribution is 2.50. The van der Waals surface area contributed by atoms with E-state index in [2.05, 4.69) is 97.6 Å². The van der Waals surface area contributed by atoms with E-state index in [4.69, 9.17) is 0 Å². The molecule has 0 bridgehead atoms. The van der Waals surface area contributed by atoms with E-state index in [1.54, 1.807) is 0 Å². The molecular weight excluding hydrogens is 302 g/mol. The molecule has 0 spiro atoms. The normalized spacial score (nSPS) is 12.3. The molecule has 5 rings (SSSR count). The summed E-state index contributed by atoms with van der Waals surface area (Å²) in [6, 6.07) is 28.8. The standard InChI is InChI=1S/C24H19N/c1-16-9-12-19(13-10-16)25-22-14-11-17(2)15-21(22)20-7-3-5-18-6-4-8-23(25)24(18)20/h3-15H,1-2H3. The van der Waals surface area contributed by atoms with Gasteiger partial charge in [0.25, 0.3) is 0 Å². The molecule has 0 atom stereocenters. The first-order valence-electron chi connectivity index (χ1n) is 8.72. The Labute approximate surface area is 148 Å². The van der Waals surface area contributed by atoms with Crippen molar-refractivity contribution < 1.29 is 0 Å². The SMILES string of the molecule is Cc1ccc(N2c3ccc(C)cc3-c3cccc4cccc2c34)cc1. The largest absolute Gasteiger partial charge is 0.309 e. The van der Waals surface area contributed by atoms with Crippen molar-refractivity contribution in [2.24, 2.45) is 0 Å². The van der Waals surface area contributed by atoms with Gasteiger partial charge in [-0.25, -0.2) is 0 Å². The molecule has 0 fully saturated rings. The highest BCUT2D eigenvalue weighted by Gasteiger charge is 2.25. The first-order chi connectivity index (χ1) is 12.2. The van der Waals surface area contributed by atoms with E-state index < -0.39 is 0 Å². The summed E-state index contributed by atoms with van der Waals surface area (Å²) in [5.74, 6) is 0. The number of fused-ring (bicyclic) bond motifs is 2. The van der Waals surface area contributed by atoms with Crippen LogP contribution in [0.25, 0.3) is 21.9 Å². The van der Waals surface area contributed by atoms with Gasteiger partial charge in [-0.3, -0.25) is 0 Å². The molecule has 1 nitrogen and oxygen atoms in total. The van der Waals surface area contributed by atoms with E-state index in [1.165, 1.54) is 50.1 Å². The minimum absolute atomic E-state index is 1.21. The van der Waals surface area contributed by atoms with Crippen molar-refractivity contribution in [2.45, 2.75) is 13.8 Å². The average Bonchev–Trinajstić information content (AvgIpc) is 2.64. The third-order valence-electron chi connectivity index (χ3n) is 5.10. The molecule has 0 aromatic heterocycles. The van der Waals surface area contributed by atoms with Gasteiger partial charge in [-0.1, -0.05) is 59.7 Å². The Balaban J connectivity index is 1.91. The molecule has 1 heteroatoms. The van der Waals surface area contributed by atoms with E-state index in [0.717, 1.165) is 0 Å². The lowest BCUT2D eigenvalue weighted by atomic mass is 9.90. The van der Waals surface area contributed by atoms with Crippen molar-refractivity contribution in [3.05, 3.63) is 90.0 Å². The fraction of sp³-hybridized carbons (Fsp3) is 0.0833. The van der Waals surface area contributed by atoms with E-state index in [9.17, 15) is 0 Å². The summed E-state index contributed by atoms with van der Waals surface area (Å²) in [6.07, 6.45) is 0. The Hall–Kier alpha value is -3.06. The molecule has 0 radical (unpaired) electrons. The van der Waals surface area contributed by atoms with Crippen LogP contribution < -0.4 is 4.90 Å². The number of benzene rings is 4. The molecule has 1 aliphatic heterocycles. The van der Waals surface area contributed by atoms with Crippen LogP contribution in [-0.4, -0.2) is 0 Å². The molecular formula is C24H19N. The van der Waals surface area contributed by atoms with E-state index in [1.807, 2.05) is 0 Å². The Morgan fingerprint density at radius 2 is 1.32 bits per heavy atom. The Morgan fingerprint density at radius 3 is 2.12 bits per heavy atom. The molecule has 0 aliphatic carbocycles. The molecule has 4 aromatic carbocycles. The van der Waals surface area contributed by atoms with Crippen molar-refractivity contribution in [3.63, 3.8) is 0 Å². The molecule has 0 unspecified atom stereocenters. The Morgan fingerprint density at radius 1 is 0.600 bits per heavy atom. The highest BCUT2D eigenvalue weighted by atomic mass is 15.2. The number of anilines is 3.